The van der Waals surface area contributed by atoms with Gasteiger partial charge in [-0.25, -0.2) is 0 Å². The van der Waals surface area contributed by atoms with Gasteiger partial charge in [-0.2, -0.15) is 0 Å². The highest BCUT2D eigenvalue weighted by molar-refractivity contribution is 4.79. The first kappa shape index (κ1) is 15.3. The lowest BCUT2D eigenvalue weighted by atomic mass is 9.95. The van der Waals surface area contributed by atoms with Crippen molar-refractivity contribution in [3.8, 4) is 0 Å². The van der Waals surface area contributed by atoms with Crippen LogP contribution in [0.1, 0.15) is 51.4 Å². The predicted molar refractivity (Wildman–Crippen MR) is 82.6 cm³/mol. The normalized spacial score (nSPS) is 26.4. The number of nitrogens with zero attached hydrogens (tertiary/aromatic N) is 2. The van der Waals surface area contributed by atoms with Crippen molar-refractivity contribution in [2.75, 3.05) is 40.3 Å². The van der Waals surface area contributed by atoms with Gasteiger partial charge in [0.05, 0.1) is 0 Å². The number of nitrogens with one attached hydrogen (secondary N) is 1. The van der Waals surface area contributed by atoms with E-state index in [4.69, 9.17) is 0 Å². The fourth-order valence-corrected chi connectivity index (χ4v) is 3.62. The molecule has 0 amide bonds. The van der Waals surface area contributed by atoms with Crippen molar-refractivity contribution in [1.29, 1.82) is 0 Å². The molecule has 0 spiro atoms. The van der Waals surface area contributed by atoms with Crippen molar-refractivity contribution in [1.82, 2.24) is 15.1 Å². The van der Waals surface area contributed by atoms with E-state index in [0.29, 0.717) is 0 Å². The molecule has 1 saturated carbocycles. The van der Waals surface area contributed by atoms with Crippen molar-refractivity contribution in [3.05, 3.63) is 0 Å². The van der Waals surface area contributed by atoms with Crippen LogP contribution in [0.4, 0.5) is 0 Å². The van der Waals surface area contributed by atoms with E-state index in [0.717, 1.165) is 12.1 Å². The zero-order valence-electron chi connectivity index (χ0n) is 13.0. The average Bonchev–Trinajstić information content (AvgIpc) is 2.82. The molecular formula is C16H33N3. The highest BCUT2D eigenvalue weighted by Crippen LogP contribution is 2.17. The van der Waals surface area contributed by atoms with E-state index in [1.54, 1.807) is 0 Å². The Morgan fingerprint density at radius 3 is 2.58 bits per heavy atom. The van der Waals surface area contributed by atoms with E-state index in [2.05, 4.69) is 29.2 Å². The number of hydrogen-bond donors (Lipinski definition) is 1. The molecule has 2 fully saturated rings. The van der Waals surface area contributed by atoms with Gasteiger partial charge in [0, 0.05) is 18.6 Å². The predicted octanol–water partition coefficient (Wildman–Crippen LogP) is 2.32. The standard InChI is InChI=1S/C16H33N3/c1-18(14-16-10-6-13-19(16)2)12-7-11-17-15-8-4-3-5-9-15/h15-17H,3-14H2,1-2H3. The molecule has 1 unspecified atom stereocenters. The van der Waals surface area contributed by atoms with Crippen LogP contribution in [0.3, 0.4) is 0 Å². The van der Waals surface area contributed by atoms with Crippen molar-refractivity contribution in [3.63, 3.8) is 0 Å². The van der Waals surface area contributed by atoms with E-state index in [1.165, 1.54) is 77.5 Å². The average molecular weight is 267 g/mol. The Labute approximate surface area is 119 Å². The number of likely N-dealkylation sites (N-methyl/N-ethyl adjacent to an activating group) is 2. The summed E-state index contributed by atoms with van der Waals surface area (Å²) in [7, 11) is 4.56. The van der Waals surface area contributed by atoms with Crippen LogP contribution in [0.15, 0.2) is 0 Å². The van der Waals surface area contributed by atoms with Gasteiger partial charge in [-0.05, 0) is 65.8 Å². The molecular weight excluding hydrogens is 234 g/mol. The molecule has 0 bridgehead atoms. The maximum Gasteiger partial charge on any atom is 0.0220 e. The van der Waals surface area contributed by atoms with Crippen LogP contribution >= 0.6 is 0 Å². The van der Waals surface area contributed by atoms with Gasteiger partial charge in [-0.15, -0.1) is 0 Å². The van der Waals surface area contributed by atoms with E-state index < -0.39 is 0 Å². The van der Waals surface area contributed by atoms with Gasteiger partial charge in [0.1, 0.15) is 0 Å². The van der Waals surface area contributed by atoms with Crippen LogP contribution in [0.25, 0.3) is 0 Å². The summed E-state index contributed by atoms with van der Waals surface area (Å²) >= 11 is 0. The third-order valence-electron chi connectivity index (χ3n) is 4.95. The Morgan fingerprint density at radius 1 is 1.11 bits per heavy atom. The third kappa shape index (κ3) is 5.41. The molecule has 0 radical (unpaired) electrons. The number of hydrogen-bond acceptors (Lipinski definition) is 3. The molecule has 19 heavy (non-hydrogen) atoms. The van der Waals surface area contributed by atoms with Crippen LogP contribution in [0.2, 0.25) is 0 Å². The summed E-state index contributed by atoms with van der Waals surface area (Å²) in [5.41, 5.74) is 0. The minimum absolute atomic E-state index is 0.802. The summed E-state index contributed by atoms with van der Waals surface area (Å²) in [5, 5.41) is 3.74. The first-order valence-corrected chi connectivity index (χ1v) is 8.38. The second-order valence-corrected chi connectivity index (χ2v) is 6.68. The topological polar surface area (TPSA) is 18.5 Å². The fourth-order valence-electron chi connectivity index (χ4n) is 3.62. The zero-order valence-corrected chi connectivity index (χ0v) is 13.0. The molecule has 2 rings (SSSR count). The van der Waals surface area contributed by atoms with Crippen LogP contribution in [0, 0.1) is 0 Å². The van der Waals surface area contributed by atoms with Gasteiger partial charge < -0.3 is 15.1 Å². The Hall–Kier alpha value is -0.120. The molecule has 112 valence electrons. The molecule has 3 heteroatoms. The van der Waals surface area contributed by atoms with Crippen LogP contribution < -0.4 is 5.32 Å². The summed E-state index contributed by atoms with van der Waals surface area (Å²) in [6.45, 7) is 4.99. The summed E-state index contributed by atoms with van der Waals surface area (Å²) < 4.78 is 0. The molecule has 0 aromatic carbocycles. The quantitative estimate of drug-likeness (QED) is 0.714. The van der Waals surface area contributed by atoms with Gasteiger partial charge in [-0.1, -0.05) is 19.3 Å². The number of likely N-dealkylation sites (tertiary alicyclic amines) is 1. The Balaban J connectivity index is 1.50. The Bertz CT molecular complexity index is 238. The molecule has 1 heterocycles. The molecule has 0 aromatic heterocycles. The van der Waals surface area contributed by atoms with Crippen molar-refractivity contribution in [2.45, 2.75) is 63.5 Å². The number of rotatable bonds is 7. The first-order valence-electron chi connectivity index (χ1n) is 8.38. The first-order chi connectivity index (χ1) is 9.25. The summed E-state index contributed by atoms with van der Waals surface area (Å²) in [5.74, 6) is 0. The molecule has 2 aliphatic rings. The SMILES string of the molecule is CN(CCCNC1CCCCC1)CC1CCCN1C. The minimum Gasteiger partial charge on any atom is -0.314 e. The molecule has 1 N–H and O–H groups in total. The summed E-state index contributed by atoms with van der Waals surface area (Å²) in [6.07, 6.45) is 11.2. The van der Waals surface area contributed by atoms with Crippen molar-refractivity contribution < 1.29 is 0 Å². The molecule has 1 atom stereocenters. The lowest BCUT2D eigenvalue weighted by Gasteiger charge is -2.26. The van der Waals surface area contributed by atoms with Gasteiger partial charge in [0.2, 0.25) is 0 Å². The smallest absolute Gasteiger partial charge is 0.0220 e. The van der Waals surface area contributed by atoms with Crippen LogP contribution in [0.5, 0.6) is 0 Å². The monoisotopic (exact) mass is 267 g/mol. The summed E-state index contributed by atoms with van der Waals surface area (Å²) in [4.78, 5) is 5.05. The largest absolute Gasteiger partial charge is 0.314 e. The highest BCUT2D eigenvalue weighted by Gasteiger charge is 2.21. The Kier molecular flexibility index (Phi) is 6.62. The van der Waals surface area contributed by atoms with Crippen molar-refractivity contribution >= 4 is 0 Å². The molecule has 1 aliphatic carbocycles. The van der Waals surface area contributed by atoms with E-state index in [-0.39, 0.29) is 0 Å². The maximum absolute atomic E-state index is 3.74. The van der Waals surface area contributed by atoms with Gasteiger partial charge in [-0.3, -0.25) is 0 Å². The minimum atomic E-state index is 0.802. The van der Waals surface area contributed by atoms with E-state index in [9.17, 15) is 0 Å². The van der Waals surface area contributed by atoms with Gasteiger partial charge in [0.25, 0.3) is 0 Å². The second kappa shape index (κ2) is 8.23. The van der Waals surface area contributed by atoms with E-state index in [1.807, 2.05) is 0 Å². The van der Waals surface area contributed by atoms with Gasteiger partial charge >= 0.3 is 0 Å². The molecule has 0 aromatic rings. The third-order valence-corrected chi connectivity index (χ3v) is 4.95. The lowest BCUT2D eigenvalue weighted by molar-refractivity contribution is 0.217. The molecule has 1 aliphatic heterocycles. The zero-order chi connectivity index (χ0) is 13.5. The van der Waals surface area contributed by atoms with Gasteiger partial charge in [0.15, 0.2) is 0 Å². The molecule has 1 saturated heterocycles. The lowest BCUT2D eigenvalue weighted by Crippen LogP contribution is -2.38. The Morgan fingerprint density at radius 2 is 1.89 bits per heavy atom. The van der Waals surface area contributed by atoms with Crippen molar-refractivity contribution in [2.24, 2.45) is 0 Å². The van der Waals surface area contributed by atoms with Crippen LogP contribution in [-0.2, 0) is 0 Å². The van der Waals surface area contributed by atoms with E-state index >= 15 is 0 Å². The highest BCUT2D eigenvalue weighted by atomic mass is 15.2. The fraction of sp³-hybridized carbons (Fsp3) is 1.00. The summed E-state index contributed by atoms with van der Waals surface area (Å²) in [6, 6.07) is 1.62. The second-order valence-electron chi connectivity index (χ2n) is 6.68. The maximum atomic E-state index is 3.74. The van der Waals surface area contributed by atoms with Crippen LogP contribution in [-0.4, -0.2) is 62.2 Å². The molecule has 3 nitrogen and oxygen atoms in total.